The third-order valence-electron chi connectivity index (χ3n) is 5.05. The fraction of sp³-hybridized carbons (Fsp3) is 0.125. The molecule has 4 aromatic rings. The smallest absolute Gasteiger partial charge is 0.242 e. The van der Waals surface area contributed by atoms with Crippen molar-refractivity contribution in [2.75, 3.05) is 7.11 Å². The minimum Gasteiger partial charge on any atom is -0.497 e. The summed E-state index contributed by atoms with van der Waals surface area (Å²) < 4.78 is 35.7. The molecule has 0 unspecified atom stereocenters. The molecule has 10 heteroatoms. The number of ether oxygens (including phenoxy) is 1. The average molecular weight is 537 g/mol. The molecule has 1 heterocycles. The number of nitrogens with zero attached hydrogens (tertiary/aromatic N) is 2. The van der Waals surface area contributed by atoms with Gasteiger partial charge in [0, 0.05) is 24.5 Å². The van der Waals surface area contributed by atoms with Crippen LogP contribution in [0.3, 0.4) is 0 Å². The summed E-state index contributed by atoms with van der Waals surface area (Å²) in [5.74, 6) is 0.708. The van der Waals surface area contributed by atoms with E-state index in [2.05, 4.69) is 9.71 Å². The molecule has 4 rings (SSSR count). The number of hydrogen-bond donors (Lipinski definition) is 1. The summed E-state index contributed by atoms with van der Waals surface area (Å²) >= 11 is 7.77. The highest BCUT2D eigenvalue weighted by atomic mass is 35.5. The van der Waals surface area contributed by atoms with E-state index in [1.165, 1.54) is 11.3 Å². The van der Waals surface area contributed by atoms with Gasteiger partial charge in [0.25, 0.3) is 0 Å². The molecule has 0 saturated heterocycles. The van der Waals surface area contributed by atoms with Crippen molar-refractivity contribution < 1.29 is 13.2 Å². The summed E-state index contributed by atoms with van der Waals surface area (Å²) in [5, 5.41) is 2.11. The number of aromatic nitrogens is 1. The van der Waals surface area contributed by atoms with Gasteiger partial charge >= 0.3 is 0 Å². The summed E-state index contributed by atoms with van der Waals surface area (Å²) in [6.07, 6.45) is 0. The number of halogens is 2. The second-order valence-electron chi connectivity index (χ2n) is 7.23. The van der Waals surface area contributed by atoms with Crippen molar-refractivity contribution in [1.82, 2.24) is 9.29 Å². The van der Waals surface area contributed by atoms with Gasteiger partial charge in [0.2, 0.25) is 10.0 Å². The molecule has 1 aromatic heterocycles. The summed E-state index contributed by atoms with van der Waals surface area (Å²) in [5.41, 5.74) is 3.24. The summed E-state index contributed by atoms with van der Waals surface area (Å²) in [4.78, 5) is 5.50. The fourth-order valence-electron chi connectivity index (χ4n) is 3.21. The molecule has 0 spiro atoms. The molecule has 0 amide bonds. The van der Waals surface area contributed by atoms with Crippen LogP contribution in [0.2, 0.25) is 5.02 Å². The molecular formula is C24H23Cl2N3O3S2. The summed E-state index contributed by atoms with van der Waals surface area (Å²) in [7, 11) is -0.349. The molecule has 178 valence electrons. The predicted molar refractivity (Wildman–Crippen MR) is 140 cm³/mol. The van der Waals surface area contributed by atoms with Crippen molar-refractivity contribution >= 4 is 51.1 Å². The van der Waals surface area contributed by atoms with Crippen LogP contribution in [-0.2, 0) is 23.6 Å². The van der Waals surface area contributed by atoms with Gasteiger partial charge in [-0.25, -0.2) is 18.1 Å². The maximum Gasteiger partial charge on any atom is 0.242 e. The van der Waals surface area contributed by atoms with E-state index in [0.29, 0.717) is 5.75 Å². The number of sulfonamides is 1. The van der Waals surface area contributed by atoms with Gasteiger partial charge in [-0.2, -0.15) is 0 Å². The molecule has 6 nitrogen and oxygen atoms in total. The molecule has 3 aromatic carbocycles. The van der Waals surface area contributed by atoms with E-state index in [0.717, 1.165) is 27.3 Å². The fourth-order valence-corrected chi connectivity index (χ4v) is 5.68. The number of para-hydroxylation sites is 1. The predicted octanol–water partition coefficient (Wildman–Crippen LogP) is 5.55. The van der Waals surface area contributed by atoms with Gasteiger partial charge in [0.05, 0.1) is 23.5 Å². The molecule has 0 aliphatic rings. The van der Waals surface area contributed by atoms with E-state index in [9.17, 15) is 8.42 Å². The van der Waals surface area contributed by atoms with Crippen LogP contribution in [0.25, 0.3) is 11.3 Å². The molecule has 1 N–H and O–H groups in total. The second-order valence-corrected chi connectivity index (χ2v) is 10.2. The summed E-state index contributed by atoms with van der Waals surface area (Å²) in [6.45, 7) is 0.138. The van der Waals surface area contributed by atoms with Crippen molar-refractivity contribution in [3.63, 3.8) is 0 Å². The highest BCUT2D eigenvalue weighted by Gasteiger charge is 2.19. The van der Waals surface area contributed by atoms with E-state index in [1.807, 2.05) is 59.5 Å². The van der Waals surface area contributed by atoms with E-state index < -0.39 is 10.0 Å². The van der Waals surface area contributed by atoms with Gasteiger partial charge in [-0.15, -0.1) is 23.7 Å². The lowest BCUT2D eigenvalue weighted by atomic mass is 10.2. The van der Waals surface area contributed by atoms with Gasteiger partial charge in [-0.3, -0.25) is 0 Å². The largest absolute Gasteiger partial charge is 0.497 e. The molecule has 0 bridgehead atoms. The number of benzene rings is 3. The Balaban J connectivity index is 0.00000324. The Morgan fingerprint density at radius 3 is 2.44 bits per heavy atom. The van der Waals surface area contributed by atoms with E-state index in [-0.39, 0.29) is 28.9 Å². The Bertz CT molecular complexity index is 1430. The molecule has 0 radical (unpaired) electrons. The average Bonchev–Trinajstić information content (AvgIpc) is 3.19. The topological polar surface area (TPSA) is 72.7 Å². The maximum absolute atomic E-state index is 13.0. The van der Waals surface area contributed by atoms with E-state index >= 15 is 0 Å². The number of rotatable bonds is 7. The van der Waals surface area contributed by atoms with Crippen LogP contribution in [0.15, 0.2) is 88.1 Å². The molecule has 0 saturated carbocycles. The highest BCUT2D eigenvalue weighted by Crippen LogP contribution is 2.29. The maximum atomic E-state index is 13.0. The minimum atomic E-state index is -3.83. The monoisotopic (exact) mass is 535 g/mol. The van der Waals surface area contributed by atoms with Crippen LogP contribution in [0.5, 0.6) is 5.75 Å². The standard InChI is InChI=1S/C24H22ClN3O3S2.ClH/c1-28-22(16-32-24(28)27-19-6-4-3-5-7-19)18-10-13-21(25)23(14-18)33(29,30)26-15-17-8-11-20(31-2)12-9-17;/h3-14,16,26H,15H2,1-2H3;1H/b27-24+;. The lowest BCUT2D eigenvalue weighted by molar-refractivity contribution is 0.414. The van der Waals surface area contributed by atoms with E-state index in [4.69, 9.17) is 16.3 Å². The molecule has 0 aliphatic carbocycles. The van der Waals surface area contributed by atoms with Crippen LogP contribution in [0.1, 0.15) is 5.56 Å². The first-order valence-electron chi connectivity index (χ1n) is 10.0. The Hall–Kier alpha value is -2.62. The first-order chi connectivity index (χ1) is 15.9. The van der Waals surface area contributed by atoms with Crippen molar-refractivity contribution in [2.24, 2.45) is 12.0 Å². The van der Waals surface area contributed by atoms with Crippen molar-refractivity contribution in [3.8, 4) is 17.0 Å². The molecule has 0 fully saturated rings. The van der Waals surface area contributed by atoms with E-state index in [1.54, 1.807) is 37.4 Å². The Morgan fingerprint density at radius 1 is 1.06 bits per heavy atom. The van der Waals surface area contributed by atoms with Gasteiger partial charge < -0.3 is 9.30 Å². The van der Waals surface area contributed by atoms with Crippen LogP contribution < -0.4 is 14.3 Å². The molecule has 0 aliphatic heterocycles. The summed E-state index contributed by atoms with van der Waals surface area (Å²) in [6, 6.07) is 21.9. The quantitative estimate of drug-likeness (QED) is 0.337. The van der Waals surface area contributed by atoms with Crippen molar-refractivity contribution in [1.29, 1.82) is 0 Å². The SMILES string of the molecule is COc1ccc(CNS(=O)(=O)c2cc(-c3cs/c(=N/c4ccccc4)n3C)ccc2Cl)cc1.Cl. The lowest BCUT2D eigenvalue weighted by Crippen LogP contribution is -2.23. The first kappa shape index (κ1) is 26.0. The third-order valence-corrected chi connectivity index (χ3v) is 7.85. The van der Waals surface area contributed by atoms with Gasteiger partial charge in [0.1, 0.15) is 10.6 Å². The number of methoxy groups -OCH3 is 1. The zero-order chi connectivity index (χ0) is 23.4. The zero-order valence-electron chi connectivity index (χ0n) is 18.4. The van der Waals surface area contributed by atoms with Gasteiger partial charge in [-0.05, 0) is 42.0 Å². The van der Waals surface area contributed by atoms with Crippen LogP contribution in [0.4, 0.5) is 5.69 Å². The minimum absolute atomic E-state index is 0. The number of hydrogen-bond acceptors (Lipinski definition) is 5. The zero-order valence-corrected chi connectivity index (χ0v) is 21.6. The van der Waals surface area contributed by atoms with Crippen LogP contribution in [-0.4, -0.2) is 20.1 Å². The van der Waals surface area contributed by atoms with Gasteiger partial charge in [0.15, 0.2) is 4.80 Å². The Morgan fingerprint density at radius 2 is 1.76 bits per heavy atom. The van der Waals surface area contributed by atoms with Gasteiger partial charge in [-0.1, -0.05) is 48.0 Å². The first-order valence-corrected chi connectivity index (χ1v) is 12.8. The highest BCUT2D eigenvalue weighted by molar-refractivity contribution is 7.89. The molecule has 34 heavy (non-hydrogen) atoms. The molecular weight excluding hydrogens is 513 g/mol. The normalized spacial score (nSPS) is 11.8. The van der Waals surface area contributed by atoms with Crippen LogP contribution in [0, 0.1) is 0 Å². The Labute approximate surface area is 214 Å². The third kappa shape index (κ3) is 5.89. The number of nitrogens with one attached hydrogen (secondary N) is 1. The van der Waals surface area contributed by atoms with Crippen LogP contribution >= 0.6 is 35.3 Å². The molecule has 0 atom stereocenters. The second kappa shape index (κ2) is 11.2. The number of thiazole rings is 1. The van der Waals surface area contributed by atoms with Crippen molar-refractivity contribution in [2.45, 2.75) is 11.4 Å². The lowest BCUT2D eigenvalue weighted by Gasteiger charge is -2.11. The van der Waals surface area contributed by atoms with Crippen molar-refractivity contribution in [3.05, 3.63) is 93.6 Å². The Kier molecular flexibility index (Phi) is 8.57.